The quantitative estimate of drug-likeness (QED) is 0.877. The average molecular weight is 264 g/mol. The van der Waals surface area contributed by atoms with Crippen molar-refractivity contribution in [3.63, 3.8) is 0 Å². The highest BCUT2D eigenvalue weighted by Crippen LogP contribution is 2.18. The number of benzene rings is 1. The van der Waals surface area contributed by atoms with Gasteiger partial charge in [0.1, 0.15) is 10.7 Å². The number of hydrogen-bond acceptors (Lipinski definition) is 3. The van der Waals surface area contributed by atoms with E-state index in [4.69, 9.17) is 5.11 Å². The number of aromatic carboxylic acids is 1. The molecule has 1 rings (SSSR count). The molecule has 1 aromatic rings. The van der Waals surface area contributed by atoms with E-state index in [1.54, 1.807) is 0 Å². The SMILES string of the molecule is O=C(O)c1ccc(S(=O)(=O)CCCF)c(F)c1. The van der Waals surface area contributed by atoms with Crippen LogP contribution >= 0.6 is 0 Å². The van der Waals surface area contributed by atoms with Crippen LogP contribution in [0.5, 0.6) is 0 Å². The van der Waals surface area contributed by atoms with Crippen molar-refractivity contribution in [2.45, 2.75) is 11.3 Å². The lowest BCUT2D eigenvalue weighted by molar-refractivity contribution is 0.0696. The fourth-order valence-corrected chi connectivity index (χ4v) is 2.58. The average Bonchev–Trinajstić information content (AvgIpc) is 2.25. The van der Waals surface area contributed by atoms with Gasteiger partial charge in [0.25, 0.3) is 0 Å². The lowest BCUT2D eigenvalue weighted by Crippen LogP contribution is -2.10. The van der Waals surface area contributed by atoms with E-state index in [1.165, 1.54) is 0 Å². The zero-order chi connectivity index (χ0) is 13.1. The van der Waals surface area contributed by atoms with Crippen molar-refractivity contribution in [2.75, 3.05) is 12.4 Å². The molecule has 0 atom stereocenters. The number of carbonyl (C=O) groups is 1. The Hall–Kier alpha value is -1.50. The van der Waals surface area contributed by atoms with Crippen LogP contribution in [0, 0.1) is 5.82 Å². The summed E-state index contributed by atoms with van der Waals surface area (Å²) >= 11 is 0. The van der Waals surface area contributed by atoms with Crippen LogP contribution in [-0.4, -0.2) is 31.9 Å². The maximum atomic E-state index is 13.4. The van der Waals surface area contributed by atoms with Crippen LogP contribution in [0.1, 0.15) is 16.8 Å². The Bertz CT molecular complexity index is 525. The van der Waals surface area contributed by atoms with Gasteiger partial charge in [0.2, 0.25) is 0 Å². The number of carboxylic acid groups (broad SMARTS) is 1. The zero-order valence-corrected chi connectivity index (χ0v) is 9.51. The van der Waals surface area contributed by atoms with E-state index in [0.29, 0.717) is 6.07 Å². The number of sulfone groups is 1. The van der Waals surface area contributed by atoms with Crippen LogP contribution in [0.2, 0.25) is 0 Å². The smallest absolute Gasteiger partial charge is 0.335 e. The van der Waals surface area contributed by atoms with Crippen molar-refractivity contribution in [3.8, 4) is 0 Å². The minimum Gasteiger partial charge on any atom is -0.478 e. The van der Waals surface area contributed by atoms with E-state index in [9.17, 15) is 22.0 Å². The fraction of sp³-hybridized carbons (Fsp3) is 0.300. The van der Waals surface area contributed by atoms with Gasteiger partial charge in [0, 0.05) is 0 Å². The van der Waals surface area contributed by atoms with Gasteiger partial charge in [-0.05, 0) is 24.6 Å². The Morgan fingerprint density at radius 3 is 2.47 bits per heavy atom. The molecule has 1 N–H and O–H groups in total. The highest BCUT2D eigenvalue weighted by molar-refractivity contribution is 7.91. The van der Waals surface area contributed by atoms with Gasteiger partial charge in [-0.15, -0.1) is 0 Å². The van der Waals surface area contributed by atoms with Crippen LogP contribution < -0.4 is 0 Å². The standard InChI is InChI=1S/C10H10F2O4S/c11-4-1-5-17(15,16)9-3-2-7(10(13)14)6-8(9)12/h2-3,6H,1,4-5H2,(H,13,14). The second-order valence-corrected chi connectivity index (χ2v) is 5.39. The highest BCUT2D eigenvalue weighted by atomic mass is 32.2. The monoisotopic (exact) mass is 264 g/mol. The summed E-state index contributed by atoms with van der Waals surface area (Å²) in [7, 11) is -3.90. The third-order valence-electron chi connectivity index (χ3n) is 2.06. The molecule has 0 aliphatic rings. The summed E-state index contributed by atoms with van der Waals surface area (Å²) in [6.45, 7) is -0.811. The van der Waals surface area contributed by atoms with Crippen molar-refractivity contribution < 1.29 is 27.1 Å². The molecule has 94 valence electrons. The summed E-state index contributed by atoms with van der Waals surface area (Å²) in [5.41, 5.74) is -0.341. The van der Waals surface area contributed by atoms with Crippen LogP contribution in [0.15, 0.2) is 23.1 Å². The number of alkyl halides is 1. The molecule has 4 nitrogen and oxygen atoms in total. The molecule has 0 spiro atoms. The molecule has 0 aliphatic carbocycles. The molecule has 0 bridgehead atoms. The minimum absolute atomic E-state index is 0.220. The molecule has 7 heteroatoms. The Kier molecular flexibility index (Phi) is 4.17. The molecule has 0 aliphatic heterocycles. The Labute approximate surface area is 96.8 Å². The summed E-state index contributed by atoms with van der Waals surface area (Å²) in [6, 6.07) is 2.50. The maximum Gasteiger partial charge on any atom is 0.335 e. The van der Waals surface area contributed by atoms with Gasteiger partial charge in [-0.25, -0.2) is 17.6 Å². The Morgan fingerprint density at radius 1 is 1.35 bits per heavy atom. The van der Waals surface area contributed by atoms with E-state index < -0.39 is 38.9 Å². The third kappa shape index (κ3) is 3.23. The minimum atomic E-state index is -3.90. The van der Waals surface area contributed by atoms with E-state index in [1.807, 2.05) is 0 Å². The van der Waals surface area contributed by atoms with E-state index in [-0.39, 0.29) is 12.0 Å². The summed E-state index contributed by atoms with van der Waals surface area (Å²) < 4.78 is 48.3. The van der Waals surface area contributed by atoms with Crippen molar-refractivity contribution in [1.82, 2.24) is 0 Å². The molecule has 0 radical (unpaired) electrons. The highest BCUT2D eigenvalue weighted by Gasteiger charge is 2.20. The largest absolute Gasteiger partial charge is 0.478 e. The first kappa shape index (κ1) is 13.6. The second kappa shape index (κ2) is 5.22. The van der Waals surface area contributed by atoms with Crippen molar-refractivity contribution in [1.29, 1.82) is 0 Å². The van der Waals surface area contributed by atoms with Gasteiger partial charge >= 0.3 is 5.97 Å². The van der Waals surface area contributed by atoms with Gasteiger partial charge in [0.15, 0.2) is 9.84 Å². The summed E-state index contributed by atoms with van der Waals surface area (Å²) in [6.07, 6.45) is -0.220. The molecule has 17 heavy (non-hydrogen) atoms. The van der Waals surface area contributed by atoms with Gasteiger partial charge in [0.05, 0.1) is 18.0 Å². The van der Waals surface area contributed by atoms with Crippen LogP contribution in [-0.2, 0) is 9.84 Å². The van der Waals surface area contributed by atoms with E-state index >= 15 is 0 Å². The van der Waals surface area contributed by atoms with Gasteiger partial charge in [-0.3, -0.25) is 4.39 Å². The fourth-order valence-electron chi connectivity index (χ4n) is 1.24. The molecule has 0 saturated carbocycles. The van der Waals surface area contributed by atoms with E-state index in [0.717, 1.165) is 12.1 Å². The molecule has 0 amide bonds. The summed E-state index contributed by atoms with van der Waals surface area (Å²) in [5, 5.41) is 8.58. The molecule has 1 aromatic carbocycles. The third-order valence-corrected chi connectivity index (χ3v) is 3.89. The Morgan fingerprint density at radius 2 is 2.00 bits per heavy atom. The normalized spacial score (nSPS) is 11.4. The first-order chi connectivity index (χ1) is 7.88. The van der Waals surface area contributed by atoms with Crippen LogP contribution in [0.25, 0.3) is 0 Å². The number of carboxylic acids is 1. The summed E-state index contributed by atoms with van der Waals surface area (Å²) in [5.74, 6) is -2.99. The molecule has 0 aromatic heterocycles. The summed E-state index contributed by atoms with van der Waals surface area (Å²) in [4.78, 5) is 9.92. The lowest BCUT2D eigenvalue weighted by Gasteiger charge is -2.05. The topological polar surface area (TPSA) is 71.4 Å². The first-order valence-electron chi connectivity index (χ1n) is 4.70. The molecule has 0 fully saturated rings. The van der Waals surface area contributed by atoms with Gasteiger partial charge in [-0.2, -0.15) is 0 Å². The second-order valence-electron chi connectivity index (χ2n) is 3.31. The van der Waals surface area contributed by atoms with Crippen molar-refractivity contribution in [2.24, 2.45) is 0 Å². The van der Waals surface area contributed by atoms with Gasteiger partial charge < -0.3 is 5.11 Å². The van der Waals surface area contributed by atoms with Crippen molar-refractivity contribution in [3.05, 3.63) is 29.6 Å². The molecular weight excluding hydrogens is 254 g/mol. The molecule has 0 unspecified atom stereocenters. The lowest BCUT2D eigenvalue weighted by atomic mass is 10.2. The van der Waals surface area contributed by atoms with E-state index in [2.05, 4.69) is 0 Å². The maximum absolute atomic E-state index is 13.4. The molecule has 0 saturated heterocycles. The molecular formula is C10H10F2O4S. The number of hydrogen-bond donors (Lipinski definition) is 1. The first-order valence-corrected chi connectivity index (χ1v) is 6.35. The number of halogens is 2. The van der Waals surface area contributed by atoms with Crippen LogP contribution in [0.4, 0.5) is 8.78 Å². The van der Waals surface area contributed by atoms with Crippen LogP contribution in [0.3, 0.4) is 0 Å². The Balaban J connectivity index is 3.12. The van der Waals surface area contributed by atoms with Gasteiger partial charge in [-0.1, -0.05) is 0 Å². The van der Waals surface area contributed by atoms with Crippen molar-refractivity contribution >= 4 is 15.8 Å². The number of rotatable bonds is 5. The molecule has 0 heterocycles. The predicted molar refractivity (Wildman–Crippen MR) is 56.0 cm³/mol. The zero-order valence-electron chi connectivity index (χ0n) is 8.69. The predicted octanol–water partition coefficient (Wildman–Crippen LogP) is 1.66.